The number of rotatable bonds is 10. The lowest BCUT2D eigenvalue weighted by molar-refractivity contribution is 0.0868. The molecule has 1 aliphatic heterocycles. The van der Waals surface area contributed by atoms with E-state index in [0.29, 0.717) is 18.1 Å². The second-order valence-electron chi connectivity index (χ2n) is 10.8. The van der Waals surface area contributed by atoms with Gasteiger partial charge in [-0.25, -0.2) is 21.6 Å². The van der Waals surface area contributed by atoms with Gasteiger partial charge in [-0.2, -0.15) is 14.1 Å². The smallest absolute Gasteiger partial charge is 0.316 e. The number of ether oxygens (including phenoxy) is 1. The maximum absolute atomic E-state index is 13.9. The topological polar surface area (TPSA) is 125 Å². The first kappa shape index (κ1) is 31.0. The first-order chi connectivity index (χ1) is 20.6. The molecule has 1 aliphatic carbocycles. The lowest BCUT2D eigenvalue weighted by Crippen LogP contribution is -2.50. The second-order valence-corrected chi connectivity index (χ2v) is 12.9. The van der Waals surface area contributed by atoms with Crippen molar-refractivity contribution in [2.45, 2.75) is 49.3 Å². The molecule has 2 aromatic carbocycles. The van der Waals surface area contributed by atoms with E-state index in [0.717, 1.165) is 16.8 Å². The van der Waals surface area contributed by atoms with Gasteiger partial charge >= 0.3 is 5.56 Å². The highest BCUT2D eigenvalue weighted by Gasteiger charge is 2.37. The van der Waals surface area contributed by atoms with E-state index in [2.05, 4.69) is 5.10 Å². The van der Waals surface area contributed by atoms with Gasteiger partial charge in [-0.3, -0.25) is 4.79 Å². The summed E-state index contributed by atoms with van der Waals surface area (Å²) >= 11 is 0. The normalized spacial score (nSPS) is 21.1. The molecule has 2 fully saturated rings. The third-order valence-corrected chi connectivity index (χ3v) is 10.0. The Balaban J connectivity index is 1.42. The number of hydrogen-bond acceptors (Lipinski definition) is 8. The van der Waals surface area contributed by atoms with Crippen molar-refractivity contribution < 1.29 is 36.5 Å². The summed E-state index contributed by atoms with van der Waals surface area (Å²) in [7, 11) is -3.97. The molecule has 5 rings (SSSR count). The van der Waals surface area contributed by atoms with Crippen molar-refractivity contribution in [3.05, 3.63) is 82.3 Å². The van der Waals surface area contributed by atoms with Gasteiger partial charge in [-0.05, 0) is 37.0 Å². The zero-order valence-corrected chi connectivity index (χ0v) is 24.0. The summed E-state index contributed by atoms with van der Waals surface area (Å²) in [6.07, 6.45) is -1.04. The van der Waals surface area contributed by atoms with E-state index in [-0.39, 0.29) is 62.6 Å². The Labute approximate surface area is 247 Å². The van der Waals surface area contributed by atoms with Crippen LogP contribution in [0.5, 0.6) is 5.75 Å². The summed E-state index contributed by atoms with van der Waals surface area (Å²) in [5, 5.41) is 22.5. The summed E-state index contributed by atoms with van der Waals surface area (Å²) in [5.74, 6) is -1.96. The Hall–Kier alpha value is -3.46. The molecule has 10 nitrogen and oxygen atoms in total. The Kier molecular flexibility index (Phi) is 9.39. The van der Waals surface area contributed by atoms with Crippen molar-refractivity contribution in [2.75, 3.05) is 37.7 Å². The predicted molar refractivity (Wildman–Crippen MR) is 153 cm³/mol. The van der Waals surface area contributed by atoms with Gasteiger partial charge in [0, 0.05) is 38.7 Å². The molecule has 0 radical (unpaired) electrons. The maximum atomic E-state index is 13.9. The van der Waals surface area contributed by atoms with Crippen LogP contribution in [0.15, 0.2) is 59.5 Å². The third-order valence-electron chi connectivity index (χ3n) is 7.78. The third kappa shape index (κ3) is 6.87. The summed E-state index contributed by atoms with van der Waals surface area (Å²) in [4.78, 5) is 15.3. The molecule has 1 aromatic heterocycles. The minimum Gasteiger partial charge on any atom is -0.483 e. The van der Waals surface area contributed by atoms with Crippen molar-refractivity contribution in [1.29, 1.82) is 0 Å². The number of alkyl halides is 1. The number of benzene rings is 2. The van der Waals surface area contributed by atoms with Crippen molar-refractivity contribution in [2.24, 2.45) is 0 Å². The van der Waals surface area contributed by atoms with Gasteiger partial charge in [0.25, 0.3) is 0 Å². The zero-order valence-electron chi connectivity index (χ0n) is 23.2. The molecule has 4 unspecified atom stereocenters. The van der Waals surface area contributed by atoms with Gasteiger partial charge in [-0.1, -0.05) is 30.3 Å². The molecule has 0 spiro atoms. The molecule has 14 heteroatoms. The fourth-order valence-corrected chi connectivity index (χ4v) is 7.55. The monoisotopic (exact) mass is 622 g/mol. The SMILES string of the molecule is O=c1c(OC2CCC(F)C2)c(N2CCN(S(=O)(=O)C(CC(O)CO)c3ccccc3)CC2)cnn1-c1cc(F)cc(F)c1. The molecular formula is C29H33F3N4O6S. The van der Waals surface area contributed by atoms with E-state index < -0.39 is 57.5 Å². The van der Waals surface area contributed by atoms with Crippen LogP contribution in [-0.2, 0) is 10.0 Å². The Morgan fingerprint density at radius 2 is 1.70 bits per heavy atom. The van der Waals surface area contributed by atoms with Crippen molar-refractivity contribution >= 4 is 15.7 Å². The Morgan fingerprint density at radius 3 is 2.30 bits per heavy atom. The van der Waals surface area contributed by atoms with Crippen molar-refractivity contribution in [3.8, 4) is 11.4 Å². The summed E-state index contributed by atoms with van der Waals surface area (Å²) in [6.45, 7) is -0.213. The molecule has 43 heavy (non-hydrogen) atoms. The molecule has 1 saturated carbocycles. The zero-order chi connectivity index (χ0) is 30.7. The molecule has 4 atom stereocenters. The number of aliphatic hydroxyl groups is 2. The minimum absolute atomic E-state index is 0.0362. The van der Waals surface area contributed by atoms with Crippen LogP contribution in [0.4, 0.5) is 18.9 Å². The van der Waals surface area contributed by atoms with Gasteiger partial charge in [0.2, 0.25) is 15.8 Å². The van der Waals surface area contributed by atoms with Crippen LogP contribution in [0.2, 0.25) is 0 Å². The number of anilines is 1. The van der Waals surface area contributed by atoms with E-state index in [1.165, 1.54) is 10.5 Å². The number of aromatic nitrogens is 2. The lowest BCUT2D eigenvalue weighted by atomic mass is 10.1. The summed E-state index contributed by atoms with van der Waals surface area (Å²) in [6, 6.07) is 11.0. The highest BCUT2D eigenvalue weighted by molar-refractivity contribution is 7.89. The predicted octanol–water partition coefficient (Wildman–Crippen LogP) is 2.72. The van der Waals surface area contributed by atoms with Gasteiger partial charge < -0.3 is 19.8 Å². The van der Waals surface area contributed by atoms with Crippen LogP contribution >= 0.6 is 0 Å². The van der Waals surface area contributed by atoms with Crippen LogP contribution < -0.4 is 15.2 Å². The molecule has 0 amide bonds. The number of nitrogens with zero attached hydrogens (tertiary/aromatic N) is 4. The molecule has 1 saturated heterocycles. The maximum Gasteiger partial charge on any atom is 0.316 e. The highest BCUT2D eigenvalue weighted by Crippen LogP contribution is 2.34. The van der Waals surface area contributed by atoms with E-state index in [4.69, 9.17) is 4.74 Å². The molecule has 2 aliphatic rings. The summed E-state index contributed by atoms with van der Waals surface area (Å²) < 4.78 is 77.4. The largest absolute Gasteiger partial charge is 0.483 e. The summed E-state index contributed by atoms with van der Waals surface area (Å²) in [5.41, 5.74) is -0.200. The minimum atomic E-state index is -3.97. The van der Waals surface area contributed by atoms with Gasteiger partial charge in [0.1, 0.15) is 34.8 Å². The van der Waals surface area contributed by atoms with Crippen LogP contribution in [0.3, 0.4) is 0 Å². The van der Waals surface area contributed by atoms with E-state index in [9.17, 15) is 36.6 Å². The van der Waals surface area contributed by atoms with Crippen LogP contribution in [0.25, 0.3) is 5.69 Å². The number of sulfonamides is 1. The number of hydrogen-bond donors (Lipinski definition) is 2. The van der Waals surface area contributed by atoms with Crippen molar-refractivity contribution in [1.82, 2.24) is 14.1 Å². The lowest BCUT2D eigenvalue weighted by Gasteiger charge is -2.37. The second kappa shape index (κ2) is 13.0. The fourth-order valence-electron chi connectivity index (χ4n) is 5.55. The molecule has 0 bridgehead atoms. The molecular weight excluding hydrogens is 589 g/mol. The van der Waals surface area contributed by atoms with Gasteiger partial charge in [-0.15, -0.1) is 0 Å². The highest BCUT2D eigenvalue weighted by atomic mass is 32.2. The average Bonchev–Trinajstić information content (AvgIpc) is 3.41. The molecule has 232 valence electrons. The van der Waals surface area contributed by atoms with Crippen LogP contribution in [-0.4, -0.2) is 83.9 Å². The molecule has 2 heterocycles. The fraction of sp³-hybridized carbons (Fsp3) is 0.448. The Bertz CT molecular complexity index is 1560. The van der Waals surface area contributed by atoms with E-state index in [1.54, 1.807) is 35.2 Å². The van der Waals surface area contributed by atoms with Crippen molar-refractivity contribution in [3.63, 3.8) is 0 Å². The van der Waals surface area contributed by atoms with Crippen LogP contribution in [0, 0.1) is 11.6 Å². The molecule has 3 aromatic rings. The standard InChI is InChI=1S/C29H33F3N4O6S/c30-20-6-7-25(15-20)42-28-26(17-33-36(29(28)39)23-13-21(31)12-22(32)14-23)34-8-10-35(11-9-34)43(40,41)27(16-24(38)18-37)19-4-2-1-3-5-19/h1-5,12-14,17,20,24-25,27,37-38H,6-11,15-16,18H2. The van der Waals surface area contributed by atoms with Gasteiger partial charge in [0.05, 0.1) is 24.6 Å². The molecule has 2 N–H and O–H groups in total. The number of aliphatic hydroxyl groups excluding tert-OH is 2. The average molecular weight is 623 g/mol. The quantitative estimate of drug-likeness (QED) is 0.354. The number of piperazine rings is 1. The Morgan fingerprint density at radius 1 is 1.02 bits per heavy atom. The van der Waals surface area contributed by atoms with Crippen LogP contribution in [0.1, 0.15) is 36.5 Å². The first-order valence-electron chi connectivity index (χ1n) is 14.0. The van der Waals surface area contributed by atoms with E-state index >= 15 is 0 Å². The van der Waals surface area contributed by atoms with Gasteiger partial charge in [0.15, 0.2) is 0 Å². The first-order valence-corrected chi connectivity index (χ1v) is 15.5. The van der Waals surface area contributed by atoms with E-state index in [1.807, 2.05) is 0 Å². The number of halogens is 3.